The number of carbonyl (C=O) groups is 2. The fraction of sp³-hybridized carbons (Fsp3) is 0.579. The summed E-state index contributed by atoms with van der Waals surface area (Å²) >= 11 is 0. The summed E-state index contributed by atoms with van der Waals surface area (Å²) in [6.45, 7) is 7.62. The van der Waals surface area contributed by atoms with Crippen LogP contribution in [-0.4, -0.2) is 16.9 Å². The van der Waals surface area contributed by atoms with Crippen molar-refractivity contribution in [3.05, 3.63) is 34.4 Å². The Morgan fingerprint density at radius 2 is 1.50 bits per heavy atom. The summed E-state index contributed by atoms with van der Waals surface area (Å²) in [5, 5.41) is 9.53. The predicted octanol–water partition coefficient (Wildman–Crippen LogP) is 4.67. The van der Waals surface area contributed by atoms with Gasteiger partial charge in [-0.15, -0.1) is 0 Å². The van der Waals surface area contributed by atoms with Crippen LogP contribution < -0.4 is 0 Å². The molecule has 2 atom stereocenters. The molecule has 1 saturated carbocycles. The highest BCUT2D eigenvalue weighted by Gasteiger charge is 2.47. The number of rotatable bonds is 4. The molecule has 2 rings (SSSR count). The fourth-order valence-electron chi connectivity index (χ4n) is 4.06. The van der Waals surface area contributed by atoms with Crippen LogP contribution in [-0.2, 0) is 9.36 Å². The Labute approximate surface area is 146 Å². The summed E-state index contributed by atoms with van der Waals surface area (Å²) in [7, 11) is 1.17. The van der Waals surface area contributed by atoms with E-state index < -0.39 is 17.3 Å². The molecule has 1 N–H and O–H groups in total. The number of Topliss-reactive ketones (excluding diaryl/α,β-unsaturated/α-hetero) is 1. The van der Waals surface area contributed by atoms with Crippen LogP contribution in [0.15, 0.2) is 12.1 Å². The maximum atomic E-state index is 13.4. The second-order valence-electron chi connectivity index (χ2n) is 6.88. The molecule has 0 heterocycles. The van der Waals surface area contributed by atoms with Crippen molar-refractivity contribution in [1.82, 2.24) is 0 Å². The molecule has 0 radical (unpaired) electrons. The molecule has 0 aromatic heterocycles. The number of ketones is 1. The summed E-state index contributed by atoms with van der Waals surface area (Å²) in [6.07, 6.45) is 4.34. The lowest BCUT2D eigenvalue weighted by Crippen LogP contribution is -2.43. The lowest BCUT2D eigenvalue weighted by molar-refractivity contribution is -0.145. The highest BCUT2D eigenvalue weighted by atomic mass is 31.0. The molecule has 0 aliphatic heterocycles. The molecule has 1 aliphatic rings. The molecule has 1 fully saturated rings. The van der Waals surface area contributed by atoms with E-state index in [-0.39, 0.29) is 5.78 Å². The van der Waals surface area contributed by atoms with Gasteiger partial charge in [-0.3, -0.25) is 9.59 Å². The van der Waals surface area contributed by atoms with Gasteiger partial charge in [0.1, 0.15) is 0 Å². The molecule has 24 heavy (non-hydrogen) atoms. The van der Waals surface area contributed by atoms with Gasteiger partial charge in [0.05, 0.1) is 5.92 Å². The fourth-order valence-corrected chi connectivity index (χ4v) is 4.06. The van der Waals surface area contributed by atoms with Gasteiger partial charge in [0.15, 0.2) is 5.78 Å². The van der Waals surface area contributed by atoms with Gasteiger partial charge in [0.25, 0.3) is 0 Å². The first-order chi connectivity index (χ1) is 11.3. The Bertz CT molecular complexity index is 595. The Hall–Kier alpha value is -1.54. The molecule has 4 nitrogen and oxygen atoms in total. The lowest BCUT2D eigenvalue weighted by Gasteiger charge is -2.39. The topological polar surface area (TPSA) is 71.4 Å². The van der Waals surface area contributed by atoms with Gasteiger partial charge in [-0.2, -0.15) is 0 Å². The molecular formula is C19H28O4P+. The second-order valence-corrected chi connectivity index (χ2v) is 6.88. The summed E-state index contributed by atoms with van der Waals surface area (Å²) in [5.74, 6) is -1.46. The van der Waals surface area contributed by atoms with E-state index in [4.69, 9.17) is 4.57 Å². The van der Waals surface area contributed by atoms with Crippen LogP contribution in [0.3, 0.4) is 0 Å². The predicted molar refractivity (Wildman–Crippen MR) is 97.7 cm³/mol. The zero-order valence-corrected chi connectivity index (χ0v) is 16.2. The van der Waals surface area contributed by atoms with Crippen LogP contribution in [0.25, 0.3) is 0 Å². The first-order valence-corrected chi connectivity index (χ1v) is 8.86. The molecule has 0 amide bonds. The molecule has 2 unspecified atom stereocenters. The Kier molecular flexibility index (Phi) is 7.28. The van der Waals surface area contributed by atoms with E-state index >= 15 is 0 Å². The summed E-state index contributed by atoms with van der Waals surface area (Å²) in [5.41, 5.74) is 3.06. The Morgan fingerprint density at radius 3 is 1.92 bits per heavy atom. The number of carbonyl (C=O) groups excluding carboxylic acids is 1. The van der Waals surface area contributed by atoms with Crippen molar-refractivity contribution in [3.63, 3.8) is 0 Å². The van der Waals surface area contributed by atoms with Crippen LogP contribution in [0.1, 0.15) is 66.1 Å². The standard InChI is InChI=1S/C19H26O3.H2OP/c1-12-10-13(2)16(14(3)11-12)17(20)19(15(4)18(21)22)8-6-5-7-9-19;1-2/h10-11,15H,5-9H2,1-4H3,(H,21,22);2H2/q;+1. The molecule has 5 heteroatoms. The van der Waals surface area contributed by atoms with Gasteiger partial charge >= 0.3 is 15.1 Å². The maximum Gasteiger partial charge on any atom is 0.310 e. The van der Waals surface area contributed by atoms with E-state index in [1.54, 1.807) is 6.92 Å². The van der Waals surface area contributed by atoms with Crippen molar-refractivity contribution in [2.45, 2.75) is 59.8 Å². The summed E-state index contributed by atoms with van der Waals surface area (Å²) in [4.78, 5) is 25.0. The molecule has 1 aromatic carbocycles. The van der Waals surface area contributed by atoms with Crippen molar-refractivity contribution in [2.75, 3.05) is 0 Å². The SMILES string of the molecule is Cc1cc(C)c(C(=O)C2(C(C)C(=O)O)CCCCC2)c(C)c1.O=[PH2+]. The third-order valence-corrected chi connectivity index (χ3v) is 5.30. The Morgan fingerprint density at radius 1 is 1.04 bits per heavy atom. The zero-order chi connectivity index (χ0) is 18.5. The number of hydrogen-bond acceptors (Lipinski definition) is 3. The number of aryl methyl sites for hydroxylation is 3. The van der Waals surface area contributed by atoms with E-state index in [0.29, 0.717) is 12.8 Å². The van der Waals surface area contributed by atoms with E-state index in [1.807, 2.05) is 32.9 Å². The van der Waals surface area contributed by atoms with Crippen LogP contribution >= 0.6 is 9.12 Å². The second kappa shape index (κ2) is 8.53. The van der Waals surface area contributed by atoms with Crippen molar-refractivity contribution in [2.24, 2.45) is 11.3 Å². The Balaban J connectivity index is 0.00000139. The number of carboxylic acid groups (broad SMARTS) is 1. The monoisotopic (exact) mass is 351 g/mol. The number of benzene rings is 1. The minimum Gasteiger partial charge on any atom is -0.481 e. The van der Waals surface area contributed by atoms with Crippen LogP contribution in [0.2, 0.25) is 0 Å². The summed E-state index contributed by atoms with van der Waals surface area (Å²) in [6, 6.07) is 4.03. The number of aliphatic carboxylic acids is 1. The van der Waals surface area contributed by atoms with Gasteiger partial charge in [0, 0.05) is 11.0 Å². The van der Waals surface area contributed by atoms with Crippen LogP contribution in [0.4, 0.5) is 0 Å². The largest absolute Gasteiger partial charge is 0.481 e. The molecule has 1 aliphatic carbocycles. The zero-order valence-electron chi connectivity index (χ0n) is 15.0. The highest BCUT2D eigenvalue weighted by molar-refractivity contribution is 7.00. The quantitative estimate of drug-likeness (QED) is 0.632. The first kappa shape index (κ1) is 20.5. The van der Waals surface area contributed by atoms with E-state index in [2.05, 4.69) is 0 Å². The number of carboxylic acids is 1. The van der Waals surface area contributed by atoms with Crippen molar-refractivity contribution >= 4 is 20.9 Å². The van der Waals surface area contributed by atoms with Crippen LogP contribution in [0, 0.1) is 32.1 Å². The van der Waals surface area contributed by atoms with E-state index in [1.165, 1.54) is 9.12 Å². The molecular weight excluding hydrogens is 323 g/mol. The van der Waals surface area contributed by atoms with Crippen LogP contribution in [0.5, 0.6) is 0 Å². The van der Waals surface area contributed by atoms with Crippen molar-refractivity contribution in [3.8, 4) is 0 Å². The third kappa shape index (κ3) is 3.92. The van der Waals surface area contributed by atoms with E-state index in [9.17, 15) is 14.7 Å². The minimum absolute atomic E-state index is 0.0390. The first-order valence-electron chi connectivity index (χ1n) is 8.38. The lowest BCUT2D eigenvalue weighted by atomic mass is 9.62. The summed E-state index contributed by atoms with van der Waals surface area (Å²) < 4.78 is 8.17. The average Bonchev–Trinajstić information content (AvgIpc) is 2.55. The smallest absolute Gasteiger partial charge is 0.310 e. The van der Waals surface area contributed by atoms with Gasteiger partial charge in [-0.05, 0) is 44.7 Å². The van der Waals surface area contributed by atoms with Gasteiger partial charge < -0.3 is 5.11 Å². The third-order valence-electron chi connectivity index (χ3n) is 5.30. The normalized spacial score (nSPS) is 17.3. The van der Waals surface area contributed by atoms with Crippen molar-refractivity contribution in [1.29, 1.82) is 0 Å². The van der Waals surface area contributed by atoms with E-state index in [0.717, 1.165) is 41.5 Å². The van der Waals surface area contributed by atoms with Gasteiger partial charge in [0.2, 0.25) is 0 Å². The highest BCUT2D eigenvalue weighted by Crippen LogP contribution is 2.46. The van der Waals surface area contributed by atoms with Crippen molar-refractivity contribution < 1.29 is 19.3 Å². The molecule has 0 bridgehead atoms. The van der Waals surface area contributed by atoms with Gasteiger partial charge in [-0.25, -0.2) is 0 Å². The van der Waals surface area contributed by atoms with Gasteiger partial charge in [-0.1, -0.05) is 48.4 Å². The molecule has 0 saturated heterocycles. The maximum absolute atomic E-state index is 13.4. The molecule has 1 aromatic rings. The molecule has 132 valence electrons. The average molecular weight is 351 g/mol. The molecule has 0 spiro atoms. The number of hydrogen-bond donors (Lipinski definition) is 1. The minimum atomic E-state index is -0.863.